The van der Waals surface area contributed by atoms with Crippen LogP contribution in [0.2, 0.25) is 0 Å². The number of aromatic nitrogens is 5. The van der Waals surface area contributed by atoms with Gasteiger partial charge in [0.1, 0.15) is 11.3 Å². The fraction of sp³-hybridized carbons (Fsp3) is 0.261. The molecule has 1 fully saturated rings. The zero-order valence-electron chi connectivity index (χ0n) is 18.3. The summed E-state index contributed by atoms with van der Waals surface area (Å²) < 4.78 is 5.32. The third-order valence-corrected chi connectivity index (χ3v) is 5.78. The van der Waals surface area contributed by atoms with Crippen LogP contribution >= 0.6 is 0 Å². The minimum atomic E-state index is -0.297. The molecular formula is C23H23N7O3. The molecule has 0 spiro atoms. The van der Waals surface area contributed by atoms with E-state index in [2.05, 4.69) is 30.5 Å². The molecule has 1 saturated heterocycles. The van der Waals surface area contributed by atoms with Crippen molar-refractivity contribution in [3.8, 4) is 11.3 Å². The van der Waals surface area contributed by atoms with Crippen molar-refractivity contribution in [1.29, 1.82) is 0 Å². The van der Waals surface area contributed by atoms with E-state index in [0.717, 1.165) is 27.9 Å². The molecule has 4 aromatic rings. The molecular weight excluding hydrogens is 422 g/mol. The van der Waals surface area contributed by atoms with Crippen LogP contribution in [0.15, 0.2) is 36.7 Å². The number of carbonyl (C=O) groups excluding carboxylic acids is 2. The van der Waals surface area contributed by atoms with E-state index in [0.29, 0.717) is 49.0 Å². The number of aryl methyl sites for hydroxylation is 1. The predicted octanol–water partition coefficient (Wildman–Crippen LogP) is 2.69. The van der Waals surface area contributed by atoms with E-state index in [1.807, 2.05) is 32.0 Å². The molecule has 0 aliphatic carbocycles. The summed E-state index contributed by atoms with van der Waals surface area (Å²) in [7, 11) is 0. The Morgan fingerprint density at radius 1 is 1.12 bits per heavy atom. The first-order valence-corrected chi connectivity index (χ1v) is 10.6. The van der Waals surface area contributed by atoms with Gasteiger partial charge in [0.05, 0.1) is 25.1 Å². The van der Waals surface area contributed by atoms with Crippen LogP contribution in [-0.2, 0) is 4.74 Å². The van der Waals surface area contributed by atoms with Crippen LogP contribution < -0.4 is 5.32 Å². The van der Waals surface area contributed by atoms with Gasteiger partial charge < -0.3 is 19.9 Å². The van der Waals surface area contributed by atoms with Crippen molar-refractivity contribution in [3.05, 3.63) is 59.3 Å². The minimum absolute atomic E-state index is 0.108. The molecule has 2 amide bonds. The van der Waals surface area contributed by atoms with Gasteiger partial charge in [-0.3, -0.25) is 19.7 Å². The molecule has 5 heterocycles. The number of H-pyrrole nitrogens is 2. The average Bonchev–Trinajstić information content (AvgIpc) is 3.42. The Kier molecular flexibility index (Phi) is 5.35. The smallest absolute Gasteiger partial charge is 0.276 e. The number of aromatic amines is 2. The Morgan fingerprint density at radius 2 is 1.94 bits per heavy atom. The van der Waals surface area contributed by atoms with Crippen molar-refractivity contribution < 1.29 is 14.3 Å². The summed E-state index contributed by atoms with van der Waals surface area (Å²) in [6.07, 6.45) is 3.22. The molecule has 5 rings (SSSR count). The molecule has 0 aromatic carbocycles. The number of rotatable bonds is 4. The number of fused-ring (bicyclic) bond motifs is 1. The van der Waals surface area contributed by atoms with Crippen LogP contribution in [0.25, 0.3) is 22.3 Å². The molecule has 0 saturated carbocycles. The number of hydrogen-bond acceptors (Lipinski definition) is 6. The van der Waals surface area contributed by atoms with E-state index >= 15 is 0 Å². The summed E-state index contributed by atoms with van der Waals surface area (Å²) >= 11 is 0. The number of nitrogens with zero attached hydrogens (tertiary/aromatic N) is 4. The van der Waals surface area contributed by atoms with Gasteiger partial charge in [-0.1, -0.05) is 0 Å². The molecule has 33 heavy (non-hydrogen) atoms. The lowest BCUT2D eigenvalue weighted by Crippen LogP contribution is -2.41. The van der Waals surface area contributed by atoms with Crippen LogP contribution in [0.1, 0.15) is 32.2 Å². The van der Waals surface area contributed by atoms with Gasteiger partial charge in [-0.05, 0) is 38.1 Å². The lowest BCUT2D eigenvalue weighted by atomic mass is 10.1. The van der Waals surface area contributed by atoms with E-state index < -0.39 is 0 Å². The Balaban J connectivity index is 1.38. The minimum Gasteiger partial charge on any atom is -0.378 e. The lowest BCUT2D eigenvalue weighted by molar-refractivity contribution is 0.0299. The van der Waals surface area contributed by atoms with E-state index in [4.69, 9.17) is 4.74 Å². The van der Waals surface area contributed by atoms with Gasteiger partial charge in [0.15, 0.2) is 5.69 Å². The Hall–Kier alpha value is -4.05. The van der Waals surface area contributed by atoms with Gasteiger partial charge in [-0.2, -0.15) is 5.10 Å². The second-order valence-corrected chi connectivity index (χ2v) is 7.96. The van der Waals surface area contributed by atoms with Crippen molar-refractivity contribution in [1.82, 2.24) is 30.0 Å². The maximum atomic E-state index is 12.8. The second kappa shape index (κ2) is 8.47. The molecule has 168 valence electrons. The van der Waals surface area contributed by atoms with Crippen LogP contribution in [-0.4, -0.2) is 68.2 Å². The van der Waals surface area contributed by atoms with Gasteiger partial charge in [0, 0.05) is 47.2 Å². The molecule has 0 atom stereocenters. The first-order valence-electron chi connectivity index (χ1n) is 10.6. The molecule has 0 bridgehead atoms. The number of ether oxygens (including phenoxy) is 1. The standard InChI is InChI=1S/C23H23N7O3/c1-13-14(2)28-29-20(13)22(31)26-17-9-16-11-18(27-21(16)25-12-17)15-3-4-24-19(10-15)23(32)30-5-7-33-8-6-30/h3-4,9-12H,5-8H2,1-2H3,(H,25,27)(H,26,31)(H,28,29). The number of morpholine rings is 1. The quantitative estimate of drug-likeness (QED) is 0.443. The highest BCUT2D eigenvalue weighted by Gasteiger charge is 2.20. The van der Waals surface area contributed by atoms with E-state index in [-0.39, 0.29) is 11.8 Å². The zero-order chi connectivity index (χ0) is 22.9. The lowest BCUT2D eigenvalue weighted by Gasteiger charge is -2.26. The highest BCUT2D eigenvalue weighted by atomic mass is 16.5. The molecule has 0 unspecified atom stereocenters. The van der Waals surface area contributed by atoms with E-state index in [9.17, 15) is 9.59 Å². The van der Waals surface area contributed by atoms with Crippen LogP contribution in [0.5, 0.6) is 0 Å². The van der Waals surface area contributed by atoms with Crippen molar-refractivity contribution in [2.45, 2.75) is 13.8 Å². The maximum Gasteiger partial charge on any atom is 0.276 e. The van der Waals surface area contributed by atoms with Gasteiger partial charge in [-0.15, -0.1) is 0 Å². The van der Waals surface area contributed by atoms with E-state index in [1.165, 1.54) is 0 Å². The SMILES string of the molecule is Cc1[nH]nc(C(=O)Nc2cnc3[nH]c(-c4ccnc(C(=O)N5CCOCC5)c4)cc3c2)c1C. The monoisotopic (exact) mass is 445 g/mol. The van der Waals surface area contributed by atoms with Gasteiger partial charge in [0.25, 0.3) is 11.8 Å². The van der Waals surface area contributed by atoms with Gasteiger partial charge >= 0.3 is 0 Å². The van der Waals surface area contributed by atoms with Crippen molar-refractivity contribution in [3.63, 3.8) is 0 Å². The number of pyridine rings is 2. The third-order valence-electron chi connectivity index (χ3n) is 5.78. The van der Waals surface area contributed by atoms with Crippen LogP contribution in [0, 0.1) is 13.8 Å². The number of nitrogens with one attached hydrogen (secondary N) is 3. The van der Waals surface area contributed by atoms with E-state index in [1.54, 1.807) is 23.4 Å². The van der Waals surface area contributed by atoms with Crippen LogP contribution in [0.3, 0.4) is 0 Å². The molecule has 10 nitrogen and oxygen atoms in total. The molecule has 4 aromatic heterocycles. The first-order chi connectivity index (χ1) is 16.0. The number of amides is 2. The highest BCUT2D eigenvalue weighted by molar-refractivity contribution is 6.04. The van der Waals surface area contributed by atoms with Gasteiger partial charge in [-0.25, -0.2) is 4.98 Å². The largest absolute Gasteiger partial charge is 0.378 e. The Labute approximate surface area is 189 Å². The molecule has 0 radical (unpaired) electrons. The summed E-state index contributed by atoms with van der Waals surface area (Å²) in [5, 5.41) is 10.6. The number of hydrogen-bond donors (Lipinski definition) is 3. The van der Waals surface area contributed by atoms with Gasteiger partial charge in [0.2, 0.25) is 0 Å². The number of carbonyl (C=O) groups is 2. The Bertz CT molecular complexity index is 1350. The van der Waals surface area contributed by atoms with Crippen molar-refractivity contribution in [2.24, 2.45) is 0 Å². The first kappa shape index (κ1) is 20.8. The fourth-order valence-electron chi connectivity index (χ4n) is 3.78. The summed E-state index contributed by atoms with van der Waals surface area (Å²) in [5.41, 5.74) is 5.28. The number of anilines is 1. The summed E-state index contributed by atoms with van der Waals surface area (Å²) in [6.45, 7) is 5.92. The molecule has 1 aliphatic rings. The molecule has 1 aliphatic heterocycles. The fourth-order valence-corrected chi connectivity index (χ4v) is 3.78. The summed E-state index contributed by atoms with van der Waals surface area (Å²) in [6, 6.07) is 7.39. The second-order valence-electron chi connectivity index (χ2n) is 7.96. The zero-order valence-corrected chi connectivity index (χ0v) is 18.3. The van der Waals surface area contributed by atoms with Crippen molar-refractivity contribution in [2.75, 3.05) is 31.6 Å². The summed E-state index contributed by atoms with van der Waals surface area (Å²) in [5.74, 6) is -0.405. The predicted molar refractivity (Wildman–Crippen MR) is 122 cm³/mol. The molecule has 3 N–H and O–H groups in total. The van der Waals surface area contributed by atoms with Crippen molar-refractivity contribution >= 4 is 28.5 Å². The van der Waals surface area contributed by atoms with Crippen LogP contribution in [0.4, 0.5) is 5.69 Å². The summed E-state index contributed by atoms with van der Waals surface area (Å²) in [4.78, 5) is 39.1. The topological polar surface area (TPSA) is 129 Å². The maximum absolute atomic E-state index is 12.8. The normalized spacial score (nSPS) is 13.9. The highest BCUT2D eigenvalue weighted by Crippen LogP contribution is 2.26. The molecule has 10 heteroatoms. The third kappa shape index (κ3) is 4.08. The average molecular weight is 445 g/mol. The Morgan fingerprint density at radius 3 is 2.70 bits per heavy atom.